The number of carbonyl (C=O) groups excluding carboxylic acids is 1. The lowest BCUT2D eigenvalue weighted by Gasteiger charge is -2.19. The van der Waals surface area contributed by atoms with E-state index in [-0.39, 0.29) is 25.0 Å². The first-order valence-corrected chi connectivity index (χ1v) is 10.9. The van der Waals surface area contributed by atoms with Gasteiger partial charge in [-0.15, -0.1) is 0 Å². The summed E-state index contributed by atoms with van der Waals surface area (Å²) in [5.41, 5.74) is 6.73. The van der Waals surface area contributed by atoms with Crippen LogP contribution >= 0.6 is 0 Å². The van der Waals surface area contributed by atoms with Crippen molar-refractivity contribution in [3.63, 3.8) is 0 Å². The lowest BCUT2D eigenvalue weighted by Crippen LogP contribution is -2.31. The number of carbonyl (C=O) groups is 2. The highest BCUT2D eigenvalue weighted by molar-refractivity contribution is 5.79. The second-order valence-electron chi connectivity index (χ2n) is 8.67. The number of hydrogen-bond donors (Lipinski definition) is 1. The third-order valence-electron chi connectivity index (χ3n) is 6.74. The van der Waals surface area contributed by atoms with E-state index in [1.165, 1.54) is 16.0 Å². The summed E-state index contributed by atoms with van der Waals surface area (Å²) in [5.74, 6) is -1.78. The maximum Gasteiger partial charge on any atom is 0.409 e. The average molecular weight is 428 g/mol. The fraction of sp³-hybridized carbons (Fsp3) is 0.259. The van der Waals surface area contributed by atoms with Crippen LogP contribution in [0.4, 0.5) is 4.79 Å². The van der Waals surface area contributed by atoms with Gasteiger partial charge in [-0.2, -0.15) is 0 Å². The second kappa shape index (κ2) is 8.15. The van der Waals surface area contributed by atoms with Crippen LogP contribution in [0.5, 0.6) is 0 Å². The number of amides is 1. The van der Waals surface area contributed by atoms with E-state index >= 15 is 0 Å². The third-order valence-corrected chi connectivity index (χ3v) is 6.74. The Morgan fingerprint density at radius 3 is 2.09 bits per heavy atom. The van der Waals surface area contributed by atoms with Crippen molar-refractivity contribution in [3.05, 3.63) is 95.1 Å². The molecule has 2 aliphatic rings. The fourth-order valence-corrected chi connectivity index (χ4v) is 5.04. The first-order valence-electron chi connectivity index (χ1n) is 10.9. The maximum atomic E-state index is 12.9. The Kier molecular flexibility index (Phi) is 5.17. The van der Waals surface area contributed by atoms with E-state index in [0.29, 0.717) is 6.54 Å². The van der Waals surface area contributed by atoms with E-state index in [0.717, 1.165) is 22.3 Å². The summed E-state index contributed by atoms with van der Waals surface area (Å²) in [6.45, 7) is 2.73. The molecule has 3 aromatic rings. The average Bonchev–Trinajstić information content (AvgIpc) is 3.39. The molecular weight excluding hydrogens is 402 g/mol. The van der Waals surface area contributed by atoms with E-state index in [2.05, 4.69) is 24.3 Å². The van der Waals surface area contributed by atoms with Crippen LogP contribution in [0.3, 0.4) is 0 Å². The molecule has 1 heterocycles. The molecule has 0 bridgehead atoms. The summed E-state index contributed by atoms with van der Waals surface area (Å²) in [4.78, 5) is 26.4. The number of fused-ring (bicyclic) bond motifs is 3. The predicted molar refractivity (Wildman–Crippen MR) is 122 cm³/mol. The number of benzene rings is 3. The normalized spacial score (nSPS) is 19.5. The largest absolute Gasteiger partial charge is 0.481 e. The monoisotopic (exact) mass is 427 g/mol. The van der Waals surface area contributed by atoms with Gasteiger partial charge < -0.3 is 14.7 Å². The first kappa shape index (κ1) is 20.3. The first-order chi connectivity index (χ1) is 15.5. The summed E-state index contributed by atoms with van der Waals surface area (Å²) in [7, 11) is 0. The molecule has 5 heteroatoms. The van der Waals surface area contributed by atoms with Crippen molar-refractivity contribution in [1.82, 2.24) is 4.90 Å². The Balaban J connectivity index is 1.32. The minimum atomic E-state index is -0.885. The van der Waals surface area contributed by atoms with E-state index < -0.39 is 18.0 Å². The number of aliphatic carboxylic acids is 1. The molecule has 0 saturated carbocycles. The number of hydrogen-bond acceptors (Lipinski definition) is 3. The molecule has 1 amide bonds. The number of carboxylic acids is 1. The van der Waals surface area contributed by atoms with Crippen molar-refractivity contribution >= 4 is 12.1 Å². The molecule has 1 aliphatic carbocycles. The van der Waals surface area contributed by atoms with Crippen LogP contribution in [0.2, 0.25) is 0 Å². The summed E-state index contributed by atoms with van der Waals surface area (Å²) >= 11 is 0. The highest BCUT2D eigenvalue weighted by Gasteiger charge is 2.41. The molecule has 0 radical (unpaired) electrons. The van der Waals surface area contributed by atoms with Crippen LogP contribution in [0.25, 0.3) is 11.1 Å². The Morgan fingerprint density at radius 1 is 0.906 bits per heavy atom. The molecule has 5 rings (SSSR count). The molecule has 1 aliphatic heterocycles. The molecule has 1 N–H and O–H groups in total. The molecule has 162 valence electrons. The van der Waals surface area contributed by atoms with Gasteiger partial charge in [0.05, 0.1) is 5.92 Å². The summed E-state index contributed by atoms with van der Waals surface area (Å²) in [6.07, 6.45) is -0.451. The molecule has 5 nitrogen and oxygen atoms in total. The van der Waals surface area contributed by atoms with Crippen LogP contribution in [0, 0.1) is 12.8 Å². The lowest BCUT2D eigenvalue weighted by atomic mass is 9.89. The number of ether oxygens (including phenoxy) is 1. The number of rotatable bonds is 4. The zero-order valence-corrected chi connectivity index (χ0v) is 17.9. The summed E-state index contributed by atoms with van der Waals surface area (Å²) in [6, 6.07) is 24.3. The van der Waals surface area contributed by atoms with Gasteiger partial charge in [-0.3, -0.25) is 4.79 Å². The highest BCUT2D eigenvalue weighted by atomic mass is 16.6. The van der Waals surface area contributed by atoms with Gasteiger partial charge in [0.15, 0.2) is 0 Å². The second-order valence-corrected chi connectivity index (χ2v) is 8.67. The molecule has 3 aromatic carbocycles. The van der Waals surface area contributed by atoms with Crippen LogP contribution in [-0.4, -0.2) is 41.8 Å². The molecule has 32 heavy (non-hydrogen) atoms. The van der Waals surface area contributed by atoms with Crippen LogP contribution in [0.15, 0.2) is 72.8 Å². The Bertz CT molecular complexity index is 1120. The molecule has 2 atom stereocenters. The van der Waals surface area contributed by atoms with Crippen molar-refractivity contribution in [3.8, 4) is 11.1 Å². The number of aryl methyl sites for hydroxylation is 1. The molecular formula is C27H25NO4. The number of carboxylic acid groups (broad SMARTS) is 1. The summed E-state index contributed by atoms with van der Waals surface area (Å²) < 4.78 is 5.75. The molecule has 1 saturated heterocycles. The predicted octanol–water partition coefficient (Wildman–Crippen LogP) is 5.04. The third kappa shape index (κ3) is 3.54. The Labute approximate surface area is 187 Å². The van der Waals surface area contributed by atoms with E-state index in [1.54, 1.807) is 0 Å². The van der Waals surface area contributed by atoms with E-state index in [9.17, 15) is 14.7 Å². The van der Waals surface area contributed by atoms with Crippen LogP contribution in [0.1, 0.15) is 34.1 Å². The van der Waals surface area contributed by atoms with Crippen LogP contribution in [-0.2, 0) is 9.53 Å². The van der Waals surface area contributed by atoms with Gasteiger partial charge in [0.25, 0.3) is 0 Å². The number of likely N-dealkylation sites (tertiary alicyclic amines) is 1. The summed E-state index contributed by atoms with van der Waals surface area (Å²) in [5, 5.41) is 9.74. The minimum absolute atomic E-state index is 0.0166. The number of nitrogens with zero attached hydrogens (tertiary/aromatic N) is 1. The molecule has 1 fully saturated rings. The van der Waals surface area contributed by atoms with Gasteiger partial charge in [0.1, 0.15) is 6.61 Å². The molecule has 0 spiro atoms. The standard InChI is InChI=1S/C27H25NO4/c1-17-10-12-18(13-11-17)23-14-28(15-24(23)26(29)30)27(31)32-16-25-21-8-4-2-6-19(21)20-7-3-5-9-22(20)25/h2-13,23-25H,14-16H2,1H3,(H,29,30)/t23-,24+/m0/s1. The molecule has 0 aromatic heterocycles. The Morgan fingerprint density at radius 2 is 1.50 bits per heavy atom. The quantitative estimate of drug-likeness (QED) is 0.633. The van der Waals surface area contributed by atoms with Gasteiger partial charge >= 0.3 is 12.1 Å². The van der Waals surface area contributed by atoms with Crippen molar-refractivity contribution in [2.75, 3.05) is 19.7 Å². The lowest BCUT2D eigenvalue weighted by molar-refractivity contribution is -0.141. The topological polar surface area (TPSA) is 66.8 Å². The maximum absolute atomic E-state index is 12.9. The van der Waals surface area contributed by atoms with Crippen molar-refractivity contribution in [2.45, 2.75) is 18.8 Å². The van der Waals surface area contributed by atoms with Crippen molar-refractivity contribution < 1.29 is 19.4 Å². The highest BCUT2D eigenvalue weighted by Crippen LogP contribution is 2.44. The van der Waals surface area contributed by atoms with Gasteiger partial charge in [-0.25, -0.2) is 4.79 Å². The zero-order chi connectivity index (χ0) is 22.2. The Hall–Kier alpha value is -3.60. The smallest absolute Gasteiger partial charge is 0.409 e. The fourth-order valence-electron chi connectivity index (χ4n) is 5.04. The zero-order valence-electron chi connectivity index (χ0n) is 17.9. The molecule has 0 unspecified atom stereocenters. The van der Waals surface area contributed by atoms with Gasteiger partial charge in [0, 0.05) is 24.9 Å². The minimum Gasteiger partial charge on any atom is -0.481 e. The SMILES string of the molecule is Cc1ccc([C@@H]2CN(C(=O)OCC3c4ccccc4-c4ccccc43)C[C@H]2C(=O)O)cc1. The van der Waals surface area contributed by atoms with Crippen molar-refractivity contribution in [2.24, 2.45) is 5.92 Å². The van der Waals surface area contributed by atoms with Gasteiger partial charge in [0.2, 0.25) is 0 Å². The van der Waals surface area contributed by atoms with Gasteiger partial charge in [-0.05, 0) is 34.7 Å². The van der Waals surface area contributed by atoms with E-state index in [4.69, 9.17) is 4.74 Å². The van der Waals surface area contributed by atoms with Crippen molar-refractivity contribution in [1.29, 1.82) is 0 Å². The van der Waals surface area contributed by atoms with Gasteiger partial charge in [-0.1, -0.05) is 78.4 Å². The van der Waals surface area contributed by atoms with E-state index in [1.807, 2.05) is 55.5 Å². The van der Waals surface area contributed by atoms with Crippen LogP contribution < -0.4 is 0 Å².